The number of thiol groups is 1. The van der Waals surface area contributed by atoms with Crippen LogP contribution in [0.1, 0.15) is 22.8 Å². The van der Waals surface area contributed by atoms with Crippen molar-refractivity contribution in [1.82, 2.24) is 0 Å². The molecule has 2 unspecified atom stereocenters. The van der Waals surface area contributed by atoms with E-state index in [2.05, 4.69) is 12.6 Å². The highest BCUT2D eigenvalue weighted by Crippen LogP contribution is 2.28. The molecule has 0 aromatic heterocycles. The van der Waals surface area contributed by atoms with Crippen LogP contribution in [0.3, 0.4) is 0 Å². The lowest BCUT2D eigenvalue weighted by atomic mass is 9.95. The number of nitrogens with two attached hydrogens (primary N) is 3. The Bertz CT molecular complexity index is 377. The molecule has 4 nitrogen and oxygen atoms in total. The molecule has 82 valence electrons. The van der Waals surface area contributed by atoms with Crippen molar-refractivity contribution in [3.63, 3.8) is 0 Å². The van der Waals surface area contributed by atoms with Gasteiger partial charge in [0.15, 0.2) is 0 Å². The van der Waals surface area contributed by atoms with Crippen LogP contribution in [0.15, 0.2) is 24.3 Å². The summed E-state index contributed by atoms with van der Waals surface area (Å²) in [7, 11) is 0. The standard InChI is InChI=1S/C10H15N3OS/c1-6(11)10(13,15)8-5-3-2-4-7(8)9(12)14/h2-6,15H,11,13H2,1H3,(H2,12,14). The van der Waals surface area contributed by atoms with Gasteiger partial charge in [-0.1, -0.05) is 18.2 Å². The smallest absolute Gasteiger partial charge is 0.249 e. The van der Waals surface area contributed by atoms with Crippen molar-refractivity contribution >= 4 is 18.5 Å². The Hall–Kier alpha value is -1.04. The van der Waals surface area contributed by atoms with Crippen molar-refractivity contribution in [2.24, 2.45) is 17.2 Å². The van der Waals surface area contributed by atoms with E-state index >= 15 is 0 Å². The molecule has 0 aliphatic rings. The van der Waals surface area contributed by atoms with E-state index in [9.17, 15) is 4.79 Å². The molecule has 15 heavy (non-hydrogen) atoms. The third-order valence-corrected chi connectivity index (χ3v) is 2.97. The summed E-state index contributed by atoms with van der Waals surface area (Å²) < 4.78 is 0. The van der Waals surface area contributed by atoms with Crippen molar-refractivity contribution < 1.29 is 4.79 Å². The largest absolute Gasteiger partial charge is 0.366 e. The predicted octanol–water partition coefficient (Wildman–Crippen LogP) is 0.174. The summed E-state index contributed by atoms with van der Waals surface area (Å²) in [4.78, 5) is 10.1. The number of amides is 1. The Morgan fingerprint density at radius 2 is 2.00 bits per heavy atom. The van der Waals surface area contributed by atoms with Crippen LogP contribution in [0.2, 0.25) is 0 Å². The van der Waals surface area contributed by atoms with Crippen molar-refractivity contribution in [1.29, 1.82) is 0 Å². The van der Waals surface area contributed by atoms with E-state index in [1.807, 2.05) is 0 Å². The number of hydrogen-bond acceptors (Lipinski definition) is 4. The van der Waals surface area contributed by atoms with E-state index in [-0.39, 0.29) is 0 Å². The quantitative estimate of drug-likeness (QED) is 0.436. The minimum atomic E-state index is -1.06. The van der Waals surface area contributed by atoms with E-state index in [4.69, 9.17) is 17.2 Å². The molecule has 1 amide bonds. The zero-order valence-corrected chi connectivity index (χ0v) is 9.37. The van der Waals surface area contributed by atoms with Crippen LogP contribution in [0.25, 0.3) is 0 Å². The third kappa shape index (κ3) is 2.31. The van der Waals surface area contributed by atoms with Crippen molar-refractivity contribution in [3.05, 3.63) is 35.4 Å². The monoisotopic (exact) mass is 225 g/mol. The van der Waals surface area contributed by atoms with Crippen LogP contribution in [-0.2, 0) is 4.87 Å². The van der Waals surface area contributed by atoms with Crippen LogP contribution in [0, 0.1) is 0 Å². The number of primary amides is 1. The highest BCUT2D eigenvalue weighted by molar-refractivity contribution is 7.81. The molecule has 0 aliphatic heterocycles. The SMILES string of the molecule is CC(N)C(N)(S)c1ccccc1C(N)=O. The van der Waals surface area contributed by atoms with Crippen LogP contribution in [0.5, 0.6) is 0 Å². The highest BCUT2D eigenvalue weighted by atomic mass is 32.1. The summed E-state index contributed by atoms with van der Waals surface area (Å²) in [5, 5.41) is 0. The Balaban J connectivity index is 3.31. The van der Waals surface area contributed by atoms with Gasteiger partial charge in [-0.15, -0.1) is 0 Å². The molecular formula is C10H15N3OS. The average molecular weight is 225 g/mol. The second kappa shape index (κ2) is 4.22. The van der Waals surface area contributed by atoms with Gasteiger partial charge in [0.25, 0.3) is 0 Å². The molecule has 0 saturated carbocycles. The van der Waals surface area contributed by atoms with Crippen LogP contribution in [0.4, 0.5) is 0 Å². The van der Waals surface area contributed by atoms with Gasteiger partial charge in [0, 0.05) is 11.6 Å². The lowest BCUT2D eigenvalue weighted by molar-refractivity contribution is 0.0998. The summed E-state index contributed by atoms with van der Waals surface area (Å²) in [6.45, 7) is 1.73. The zero-order chi connectivity index (χ0) is 11.6. The number of carbonyl (C=O) groups excluding carboxylic acids is 1. The summed E-state index contributed by atoms with van der Waals surface area (Å²) in [5.41, 5.74) is 17.8. The van der Waals surface area contributed by atoms with Gasteiger partial charge in [-0.05, 0) is 18.6 Å². The normalized spacial score (nSPS) is 16.8. The first-order valence-corrected chi connectivity index (χ1v) is 4.98. The van der Waals surface area contributed by atoms with E-state index < -0.39 is 16.8 Å². The zero-order valence-electron chi connectivity index (χ0n) is 8.47. The molecule has 1 aromatic rings. The van der Waals surface area contributed by atoms with Crippen molar-refractivity contribution in [2.75, 3.05) is 0 Å². The summed E-state index contributed by atoms with van der Waals surface area (Å²) >= 11 is 4.28. The van der Waals surface area contributed by atoms with Crippen LogP contribution >= 0.6 is 12.6 Å². The number of hydrogen-bond donors (Lipinski definition) is 4. The first-order valence-electron chi connectivity index (χ1n) is 4.53. The highest BCUT2D eigenvalue weighted by Gasteiger charge is 2.30. The Kier molecular flexibility index (Phi) is 3.38. The van der Waals surface area contributed by atoms with Gasteiger partial charge in [0.05, 0.1) is 0 Å². The molecule has 1 aromatic carbocycles. The second-order valence-corrected chi connectivity index (χ2v) is 4.26. The molecule has 6 N–H and O–H groups in total. The lowest BCUT2D eigenvalue weighted by Gasteiger charge is -2.29. The van der Waals surface area contributed by atoms with Crippen molar-refractivity contribution in [3.8, 4) is 0 Å². The first-order chi connectivity index (χ1) is 6.87. The van der Waals surface area contributed by atoms with Crippen LogP contribution in [-0.4, -0.2) is 11.9 Å². The fraction of sp³-hybridized carbons (Fsp3) is 0.300. The molecule has 0 heterocycles. The second-order valence-electron chi connectivity index (χ2n) is 3.52. The van der Waals surface area contributed by atoms with Gasteiger partial charge in [-0.2, -0.15) is 12.6 Å². The molecule has 0 saturated heterocycles. The maximum Gasteiger partial charge on any atom is 0.249 e. The molecular weight excluding hydrogens is 210 g/mol. The van der Waals surface area contributed by atoms with Gasteiger partial charge in [-0.3, -0.25) is 4.79 Å². The van der Waals surface area contributed by atoms with Gasteiger partial charge in [0.1, 0.15) is 4.87 Å². The first kappa shape index (κ1) is 12.0. The Morgan fingerprint density at radius 1 is 1.47 bits per heavy atom. The van der Waals surface area contributed by atoms with Crippen molar-refractivity contribution in [2.45, 2.75) is 17.8 Å². The minimum Gasteiger partial charge on any atom is -0.366 e. The number of rotatable bonds is 3. The van der Waals surface area contributed by atoms with Gasteiger partial charge in [0.2, 0.25) is 5.91 Å². The summed E-state index contributed by atoms with van der Waals surface area (Å²) in [5.74, 6) is -0.532. The molecule has 1 rings (SSSR count). The maximum atomic E-state index is 11.2. The van der Waals surface area contributed by atoms with Crippen LogP contribution < -0.4 is 17.2 Å². The lowest BCUT2D eigenvalue weighted by Crippen LogP contribution is -2.47. The molecule has 0 radical (unpaired) electrons. The third-order valence-electron chi connectivity index (χ3n) is 2.32. The summed E-state index contributed by atoms with van der Waals surface area (Å²) in [6.07, 6.45) is 0. The fourth-order valence-electron chi connectivity index (χ4n) is 1.29. The van der Waals surface area contributed by atoms with E-state index in [0.29, 0.717) is 11.1 Å². The average Bonchev–Trinajstić information content (AvgIpc) is 2.17. The van der Waals surface area contributed by atoms with E-state index in [1.54, 1.807) is 31.2 Å². The van der Waals surface area contributed by atoms with E-state index in [1.165, 1.54) is 0 Å². The maximum absolute atomic E-state index is 11.2. The van der Waals surface area contributed by atoms with Gasteiger partial charge in [-0.25, -0.2) is 0 Å². The minimum absolute atomic E-state index is 0.354. The predicted molar refractivity (Wildman–Crippen MR) is 63.5 cm³/mol. The number of carbonyl (C=O) groups is 1. The molecule has 0 spiro atoms. The fourth-order valence-corrected chi connectivity index (χ4v) is 1.49. The van der Waals surface area contributed by atoms with Gasteiger partial charge < -0.3 is 17.2 Å². The molecule has 0 fully saturated rings. The molecule has 2 atom stereocenters. The Morgan fingerprint density at radius 3 is 2.47 bits per heavy atom. The topological polar surface area (TPSA) is 95.1 Å². The Labute approximate surface area is 94.2 Å². The van der Waals surface area contributed by atoms with Gasteiger partial charge >= 0.3 is 0 Å². The molecule has 0 bridgehead atoms. The van der Waals surface area contributed by atoms with E-state index in [0.717, 1.165) is 0 Å². The summed E-state index contributed by atoms with van der Waals surface area (Å²) in [6, 6.07) is 6.40. The number of benzene rings is 1. The molecule has 5 heteroatoms. The molecule has 0 aliphatic carbocycles.